The van der Waals surface area contributed by atoms with Crippen molar-refractivity contribution in [1.82, 2.24) is 4.57 Å². The van der Waals surface area contributed by atoms with Gasteiger partial charge < -0.3 is 20.7 Å². The maximum atomic E-state index is 11.9. The number of aliphatic hydroxyl groups excluding tert-OH is 1. The number of anilines is 1. The molecule has 0 spiro atoms. The van der Waals surface area contributed by atoms with Gasteiger partial charge in [-0.3, -0.25) is 4.79 Å². The van der Waals surface area contributed by atoms with E-state index in [0.29, 0.717) is 5.56 Å². The molecular formula is C24H31N3O2. The van der Waals surface area contributed by atoms with Gasteiger partial charge in [0.2, 0.25) is 0 Å². The van der Waals surface area contributed by atoms with Crippen LogP contribution >= 0.6 is 0 Å². The maximum absolute atomic E-state index is 11.9. The molecule has 5 nitrogen and oxygen atoms in total. The van der Waals surface area contributed by atoms with Gasteiger partial charge >= 0.3 is 0 Å². The van der Waals surface area contributed by atoms with Gasteiger partial charge in [0.05, 0.1) is 11.7 Å². The highest BCUT2D eigenvalue weighted by atomic mass is 16.3. The Bertz CT molecular complexity index is 903. The van der Waals surface area contributed by atoms with Crippen LogP contribution in [0.2, 0.25) is 0 Å². The summed E-state index contributed by atoms with van der Waals surface area (Å²) >= 11 is 0. The number of hydrogen-bond acceptors (Lipinski definition) is 3. The third-order valence-corrected chi connectivity index (χ3v) is 5.47. The van der Waals surface area contributed by atoms with E-state index in [2.05, 4.69) is 29.0 Å². The van der Waals surface area contributed by atoms with Gasteiger partial charge in [-0.25, -0.2) is 0 Å². The summed E-state index contributed by atoms with van der Waals surface area (Å²) < 4.78 is 2.15. The number of rotatable bonds is 7. The number of primary amides is 1. The fourth-order valence-electron chi connectivity index (χ4n) is 3.87. The van der Waals surface area contributed by atoms with Crippen LogP contribution in [0.5, 0.6) is 0 Å². The molecule has 0 unspecified atom stereocenters. The van der Waals surface area contributed by atoms with Gasteiger partial charge in [0.15, 0.2) is 0 Å². The Morgan fingerprint density at radius 3 is 2.72 bits per heavy atom. The molecule has 1 saturated carbocycles. The zero-order chi connectivity index (χ0) is 20.8. The summed E-state index contributed by atoms with van der Waals surface area (Å²) in [4.78, 5) is 11.9. The van der Waals surface area contributed by atoms with Crippen LogP contribution in [-0.2, 0) is 6.42 Å². The Morgan fingerprint density at radius 1 is 1.28 bits per heavy atom. The standard InChI is InChI=1S/C24H31N3O2/c1-3-4-6-17(2)15-19-7-5-14-27(19)20-10-13-22(24(25)29)23(16-20)26-18-8-11-21(28)12-9-18/h3-7,10,13-14,16,18,21,26,28H,8-9,11-12,15H2,1-2H3,(H2,25,29)/b4-3-,17-6+/t18-,21-. The largest absolute Gasteiger partial charge is 0.393 e. The zero-order valence-corrected chi connectivity index (χ0v) is 17.3. The van der Waals surface area contributed by atoms with E-state index in [9.17, 15) is 9.90 Å². The van der Waals surface area contributed by atoms with Crippen molar-refractivity contribution in [2.24, 2.45) is 5.73 Å². The van der Waals surface area contributed by atoms with Crippen molar-refractivity contribution in [2.45, 2.75) is 58.1 Å². The number of nitrogens with zero attached hydrogens (tertiary/aromatic N) is 1. The Kier molecular flexibility index (Phi) is 6.94. The normalized spacial score (nSPS) is 20.2. The van der Waals surface area contributed by atoms with Gasteiger partial charge in [-0.15, -0.1) is 0 Å². The predicted molar refractivity (Wildman–Crippen MR) is 118 cm³/mol. The van der Waals surface area contributed by atoms with Gasteiger partial charge in [0, 0.05) is 35.7 Å². The second kappa shape index (κ2) is 9.61. The van der Waals surface area contributed by atoms with Crippen molar-refractivity contribution in [3.8, 4) is 5.69 Å². The van der Waals surface area contributed by atoms with E-state index < -0.39 is 5.91 Å². The van der Waals surface area contributed by atoms with Crippen LogP contribution in [0.1, 0.15) is 55.6 Å². The first-order chi connectivity index (χ1) is 14.0. The van der Waals surface area contributed by atoms with Gasteiger partial charge in [-0.2, -0.15) is 0 Å². The number of aromatic nitrogens is 1. The first-order valence-electron chi connectivity index (χ1n) is 10.3. The lowest BCUT2D eigenvalue weighted by molar-refractivity contribution is 0.100. The second-order valence-electron chi connectivity index (χ2n) is 7.83. The van der Waals surface area contributed by atoms with Crippen LogP contribution in [0.15, 0.2) is 60.3 Å². The van der Waals surface area contributed by atoms with Crippen LogP contribution in [-0.4, -0.2) is 27.7 Å². The molecule has 0 radical (unpaired) electrons. The monoisotopic (exact) mass is 393 g/mol. The van der Waals surface area contributed by atoms with E-state index in [1.165, 1.54) is 11.3 Å². The minimum atomic E-state index is -0.437. The van der Waals surface area contributed by atoms with Crippen molar-refractivity contribution in [3.63, 3.8) is 0 Å². The summed E-state index contributed by atoms with van der Waals surface area (Å²) in [5, 5.41) is 13.2. The van der Waals surface area contributed by atoms with E-state index in [-0.39, 0.29) is 12.1 Å². The zero-order valence-electron chi connectivity index (χ0n) is 17.3. The minimum absolute atomic E-state index is 0.212. The number of aliphatic hydroxyl groups is 1. The van der Waals surface area contributed by atoms with Gasteiger partial charge in [-0.1, -0.05) is 23.8 Å². The molecule has 4 N–H and O–H groups in total. The Hall–Kier alpha value is -2.79. The van der Waals surface area contributed by atoms with Crippen molar-refractivity contribution >= 4 is 11.6 Å². The number of carbonyl (C=O) groups excluding carboxylic acids is 1. The summed E-state index contributed by atoms with van der Waals surface area (Å²) in [5.41, 5.74) is 10.3. The maximum Gasteiger partial charge on any atom is 0.250 e. The van der Waals surface area contributed by atoms with Crippen LogP contribution < -0.4 is 11.1 Å². The first-order valence-corrected chi connectivity index (χ1v) is 10.3. The van der Waals surface area contributed by atoms with Gasteiger partial charge in [0.1, 0.15) is 0 Å². The lowest BCUT2D eigenvalue weighted by Gasteiger charge is -2.28. The third kappa shape index (κ3) is 5.39. The molecule has 1 amide bonds. The van der Waals surface area contributed by atoms with Gasteiger partial charge in [-0.05, 0) is 69.9 Å². The Balaban J connectivity index is 1.87. The molecule has 29 heavy (non-hydrogen) atoms. The van der Waals surface area contributed by atoms with Crippen molar-refractivity contribution in [3.05, 3.63) is 71.6 Å². The van der Waals surface area contributed by atoms with Crippen molar-refractivity contribution < 1.29 is 9.90 Å². The third-order valence-electron chi connectivity index (χ3n) is 5.47. The lowest BCUT2D eigenvalue weighted by atomic mass is 9.92. The molecule has 5 heteroatoms. The summed E-state index contributed by atoms with van der Waals surface area (Å²) in [6.07, 6.45) is 12.2. The Labute approximate surface area is 172 Å². The summed E-state index contributed by atoms with van der Waals surface area (Å²) in [5.74, 6) is -0.437. The highest BCUT2D eigenvalue weighted by Crippen LogP contribution is 2.27. The van der Waals surface area contributed by atoms with Crippen molar-refractivity contribution in [2.75, 3.05) is 5.32 Å². The van der Waals surface area contributed by atoms with Crippen molar-refractivity contribution in [1.29, 1.82) is 0 Å². The number of hydrogen-bond donors (Lipinski definition) is 3. The fraction of sp³-hybridized carbons (Fsp3) is 0.375. The minimum Gasteiger partial charge on any atom is -0.393 e. The highest BCUT2D eigenvalue weighted by molar-refractivity contribution is 5.99. The number of amides is 1. The SMILES string of the molecule is C/C=C\C=C(/C)Cc1cccn1-c1ccc(C(N)=O)c(N[C@H]2CC[C@H](O)CC2)c1. The van der Waals surface area contributed by atoms with Crippen LogP contribution in [0, 0.1) is 0 Å². The van der Waals surface area contributed by atoms with Crippen LogP contribution in [0.25, 0.3) is 5.69 Å². The molecule has 154 valence electrons. The average molecular weight is 394 g/mol. The van der Waals surface area contributed by atoms with Crippen LogP contribution in [0.3, 0.4) is 0 Å². The van der Waals surface area contributed by atoms with E-state index in [1.54, 1.807) is 6.07 Å². The highest BCUT2D eigenvalue weighted by Gasteiger charge is 2.21. The summed E-state index contributed by atoms with van der Waals surface area (Å²) in [6.45, 7) is 4.13. The number of benzene rings is 1. The molecular weight excluding hydrogens is 362 g/mol. The molecule has 0 aliphatic heterocycles. The molecule has 1 heterocycles. The number of carbonyl (C=O) groups is 1. The molecule has 1 aromatic carbocycles. The molecule has 0 atom stereocenters. The molecule has 1 aliphatic rings. The summed E-state index contributed by atoms with van der Waals surface area (Å²) in [7, 11) is 0. The van der Waals surface area contributed by atoms with E-state index in [1.807, 2.05) is 43.5 Å². The molecule has 0 bridgehead atoms. The van der Waals surface area contributed by atoms with E-state index >= 15 is 0 Å². The lowest BCUT2D eigenvalue weighted by Crippen LogP contribution is -2.29. The number of nitrogens with one attached hydrogen (secondary N) is 1. The molecule has 1 fully saturated rings. The molecule has 1 aliphatic carbocycles. The fourth-order valence-corrected chi connectivity index (χ4v) is 3.87. The second-order valence-corrected chi connectivity index (χ2v) is 7.83. The quantitative estimate of drug-likeness (QED) is 0.612. The molecule has 1 aromatic heterocycles. The Morgan fingerprint density at radius 2 is 2.03 bits per heavy atom. The molecule has 0 saturated heterocycles. The number of nitrogens with two attached hydrogens (primary N) is 1. The van der Waals surface area contributed by atoms with E-state index in [0.717, 1.165) is 43.5 Å². The average Bonchev–Trinajstić information content (AvgIpc) is 3.16. The predicted octanol–water partition coefficient (Wildman–Crippen LogP) is 4.36. The van der Waals surface area contributed by atoms with Crippen LogP contribution in [0.4, 0.5) is 5.69 Å². The number of allylic oxidation sites excluding steroid dienone is 4. The molecule has 2 aromatic rings. The van der Waals surface area contributed by atoms with Gasteiger partial charge in [0.25, 0.3) is 5.91 Å². The van der Waals surface area contributed by atoms with E-state index in [4.69, 9.17) is 5.73 Å². The first kappa shape index (κ1) is 20.9. The summed E-state index contributed by atoms with van der Waals surface area (Å²) in [6, 6.07) is 10.1. The topological polar surface area (TPSA) is 80.3 Å². The smallest absolute Gasteiger partial charge is 0.250 e. The molecule has 3 rings (SSSR count).